The van der Waals surface area contributed by atoms with E-state index in [0.717, 1.165) is 23.2 Å². The highest BCUT2D eigenvalue weighted by molar-refractivity contribution is 5.39. The number of hydrogen-bond acceptors (Lipinski definition) is 4. The summed E-state index contributed by atoms with van der Waals surface area (Å²) in [5.74, 6) is 3.86. The van der Waals surface area contributed by atoms with Crippen molar-refractivity contribution in [3.8, 4) is 0 Å². The third-order valence-corrected chi connectivity index (χ3v) is 3.48. The zero-order valence-corrected chi connectivity index (χ0v) is 11.6. The van der Waals surface area contributed by atoms with Gasteiger partial charge in [-0.1, -0.05) is 13.8 Å². The van der Waals surface area contributed by atoms with Crippen molar-refractivity contribution in [2.75, 3.05) is 11.9 Å². The summed E-state index contributed by atoms with van der Waals surface area (Å²) in [7, 11) is 2.01. The Hall–Kier alpha value is -1.85. The van der Waals surface area contributed by atoms with E-state index in [-0.39, 0.29) is 0 Å². The molecule has 6 nitrogen and oxygen atoms in total. The molecular weight excluding hydrogens is 240 g/mol. The predicted octanol–water partition coefficient (Wildman–Crippen LogP) is 2.17. The first-order chi connectivity index (χ1) is 9.13. The largest absolute Gasteiger partial charge is 0.351 e. The lowest BCUT2D eigenvalue weighted by Gasteiger charge is -2.13. The van der Waals surface area contributed by atoms with Gasteiger partial charge in [0.15, 0.2) is 11.6 Å². The summed E-state index contributed by atoms with van der Waals surface area (Å²) in [4.78, 5) is 6.60. The second-order valence-electron chi connectivity index (χ2n) is 5.61. The van der Waals surface area contributed by atoms with Gasteiger partial charge in [0.2, 0.25) is 0 Å². The van der Waals surface area contributed by atoms with Crippen LogP contribution in [-0.4, -0.2) is 32.4 Å². The van der Waals surface area contributed by atoms with Gasteiger partial charge >= 0.3 is 0 Å². The fourth-order valence-electron chi connectivity index (χ4n) is 2.03. The Morgan fingerprint density at radius 3 is 2.74 bits per heavy atom. The van der Waals surface area contributed by atoms with Gasteiger partial charge in [0.25, 0.3) is 0 Å². The van der Waals surface area contributed by atoms with Crippen LogP contribution in [0.1, 0.15) is 55.9 Å². The highest BCUT2D eigenvalue weighted by Crippen LogP contribution is 2.37. The van der Waals surface area contributed by atoms with E-state index in [1.807, 2.05) is 7.05 Å². The van der Waals surface area contributed by atoms with Crippen molar-refractivity contribution in [3.63, 3.8) is 0 Å². The molecule has 0 aromatic carbocycles. The normalized spacial score (nSPS) is 15.2. The number of aromatic nitrogens is 5. The maximum absolute atomic E-state index is 4.53. The minimum atomic E-state index is 0.460. The van der Waals surface area contributed by atoms with Gasteiger partial charge in [0.1, 0.15) is 5.82 Å². The van der Waals surface area contributed by atoms with Crippen LogP contribution in [0.2, 0.25) is 0 Å². The molecule has 1 fully saturated rings. The van der Waals surface area contributed by atoms with Crippen LogP contribution in [0.15, 0.2) is 6.07 Å². The van der Waals surface area contributed by atoms with Gasteiger partial charge in [-0.05, 0) is 18.8 Å². The van der Waals surface area contributed by atoms with Crippen LogP contribution in [0.25, 0.3) is 0 Å². The summed E-state index contributed by atoms with van der Waals surface area (Å²) >= 11 is 0. The molecular formula is C13H20N6. The van der Waals surface area contributed by atoms with Gasteiger partial charge in [0, 0.05) is 24.7 Å². The quantitative estimate of drug-likeness (QED) is 0.864. The van der Waals surface area contributed by atoms with Gasteiger partial charge in [-0.25, -0.2) is 4.98 Å². The molecule has 19 heavy (non-hydrogen) atoms. The van der Waals surface area contributed by atoms with Crippen LogP contribution in [-0.2, 0) is 6.54 Å². The van der Waals surface area contributed by atoms with E-state index in [1.54, 1.807) is 0 Å². The van der Waals surface area contributed by atoms with E-state index in [4.69, 9.17) is 0 Å². The zero-order valence-electron chi connectivity index (χ0n) is 11.6. The molecule has 0 bridgehead atoms. The molecule has 2 aromatic heterocycles. The summed E-state index contributed by atoms with van der Waals surface area (Å²) in [6, 6.07) is 2.09. The predicted molar refractivity (Wildman–Crippen MR) is 73.1 cm³/mol. The third kappa shape index (κ3) is 2.62. The molecule has 0 radical (unpaired) electrons. The van der Waals surface area contributed by atoms with Gasteiger partial charge < -0.3 is 4.90 Å². The van der Waals surface area contributed by atoms with Crippen LogP contribution in [0.4, 0.5) is 5.82 Å². The van der Waals surface area contributed by atoms with Gasteiger partial charge in [0.05, 0.1) is 6.54 Å². The lowest BCUT2D eigenvalue weighted by Crippen LogP contribution is -2.17. The second-order valence-corrected chi connectivity index (χ2v) is 5.61. The molecule has 0 amide bonds. The Morgan fingerprint density at radius 2 is 2.11 bits per heavy atom. The SMILES string of the molecule is CC(C)c1cc(N(C)Cc2nc(C3CC3)n[nH]2)n[nH]1. The fraction of sp³-hybridized carbons (Fsp3) is 0.615. The number of H-pyrrole nitrogens is 2. The molecule has 2 aromatic rings. The lowest BCUT2D eigenvalue weighted by molar-refractivity contribution is 0.803. The second kappa shape index (κ2) is 4.68. The lowest BCUT2D eigenvalue weighted by atomic mass is 10.1. The Labute approximate surface area is 112 Å². The number of nitrogens with zero attached hydrogens (tertiary/aromatic N) is 4. The number of anilines is 1. The van der Waals surface area contributed by atoms with Crippen molar-refractivity contribution in [3.05, 3.63) is 23.4 Å². The summed E-state index contributed by atoms with van der Waals surface area (Å²) in [5, 5.41) is 14.7. The van der Waals surface area contributed by atoms with E-state index in [0.29, 0.717) is 18.4 Å². The number of aromatic amines is 2. The molecule has 3 rings (SSSR count). The molecule has 0 atom stereocenters. The van der Waals surface area contributed by atoms with Crippen molar-refractivity contribution in [1.29, 1.82) is 0 Å². The van der Waals surface area contributed by atoms with Gasteiger partial charge in [-0.3, -0.25) is 10.2 Å². The molecule has 1 aliphatic rings. The Kier molecular flexibility index (Phi) is 3.00. The molecule has 2 N–H and O–H groups in total. The third-order valence-electron chi connectivity index (χ3n) is 3.48. The summed E-state index contributed by atoms with van der Waals surface area (Å²) < 4.78 is 0. The molecule has 0 unspecified atom stereocenters. The highest BCUT2D eigenvalue weighted by Gasteiger charge is 2.27. The minimum absolute atomic E-state index is 0.460. The van der Waals surface area contributed by atoms with E-state index < -0.39 is 0 Å². The molecule has 1 saturated carbocycles. The monoisotopic (exact) mass is 260 g/mol. The van der Waals surface area contributed by atoms with Crippen LogP contribution in [0.5, 0.6) is 0 Å². The van der Waals surface area contributed by atoms with Crippen molar-refractivity contribution < 1.29 is 0 Å². The van der Waals surface area contributed by atoms with Gasteiger partial charge in [-0.2, -0.15) is 10.2 Å². The standard InChI is InChI=1S/C13H20N6/c1-8(2)10-6-12(17-15-10)19(3)7-11-14-13(18-16-11)9-4-5-9/h6,8-9H,4-5,7H2,1-3H3,(H,15,17)(H,14,16,18). The van der Waals surface area contributed by atoms with Crippen molar-refractivity contribution in [1.82, 2.24) is 25.4 Å². The van der Waals surface area contributed by atoms with Crippen molar-refractivity contribution in [2.24, 2.45) is 0 Å². The maximum atomic E-state index is 4.53. The molecule has 0 saturated heterocycles. The first-order valence-electron chi connectivity index (χ1n) is 6.81. The van der Waals surface area contributed by atoms with Crippen molar-refractivity contribution >= 4 is 5.82 Å². The average molecular weight is 260 g/mol. The van der Waals surface area contributed by atoms with E-state index in [2.05, 4.69) is 50.2 Å². The van der Waals surface area contributed by atoms with Gasteiger partial charge in [-0.15, -0.1) is 0 Å². The summed E-state index contributed by atoms with van der Waals surface area (Å²) in [6.07, 6.45) is 2.45. The summed E-state index contributed by atoms with van der Waals surface area (Å²) in [6.45, 7) is 4.99. The van der Waals surface area contributed by atoms with Crippen LogP contribution < -0.4 is 4.90 Å². The van der Waals surface area contributed by atoms with Crippen molar-refractivity contribution in [2.45, 2.75) is 45.1 Å². The smallest absolute Gasteiger partial charge is 0.153 e. The molecule has 6 heteroatoms. The van der Waals surface area contributed by atoms with E-state index in [1.165, 1.54) is 12.8 Å². The van der Waals surface area contributed by atoms with E-state index in [9.17, 15) is 0 Å². The summed E-state index contributed by atoms with van der Waals surface area (Å²) in [5.41, 5.74) is 1.15. The Bertz CT molecular complexity index is 551. The van der Waals surface area contributed by atoms with Crippen LogP contribution >= 0.6 is 0 Å². The van der Waals surface area contributed by atoms with Crippen LogP contribution in [0.3, 0.4) is 0 Å². The highest BCUT2D eigenvalue weighted by atomic mass is 15.3. The molecule has 1 aliphatic carbocycles. The molecule has 0 spiro atoms. The average Bonchev–Trinajstić information content (AvgIpc) is 2.92. The number of hydrogen-bond donors (Lipinski definition) is 2. The molecule has 102 valence electrons. The zero-order chi connectivity index (χ0) is 13.4. The minimum Gasteiger partial charge on any atom is -0.351 e. The Morgan fingerprint density at radius 1 is 1.32 bits per heavy atom. The molecule has 0 aliphatic heterocycles. The maximum Gasteiger partial charge on any atom is 0.153 e. The number of rotatable bonds is 5. The first-order valence-corrected chi connectivity index (χ1v) is 6.81. The Balaban J connectivity index is 1.66. The first kappa shape index (κ1) is 12.2. The number of nitrogens with one attached hydrogen (secondary N) is 2. The van der Waals surface area contributed by atoms with Crippen LogP contribution in [0, 0.1) is 0 Å². The topological polar surface area (TPSA) is 73.5 Å². The van der Waals surface area contributed by atoms with E-state index >= 15 is 0 Å². The molecule has 2 heterocycles. The fourth-order valence-corrected chi connectivity index (χ4v) is 2.03.